The van der Waals surface area contributed by atoms with E-state index in [1.807, 2.05) is 6.20 Å². The maximum Gasteiger partial charge on any atom is 0.196 e. The van der Waals surface area contributed by atoms with Crippen molar-refractivity contribution in [2.24, 2.45) is 0 Å². The fourth-order valence-corrected chi connectivity index (χ4v) is 2.14. The van der Waals surface area contributed by atoms with Gasteiger partial charge in [-0.15, -0.1) is 0 Å². The molecule has 0 unspecified atom stereocenters. The Morgan fingerprint density at radius 1 is 1.29 bits per heavy atom. The first-order valence-corrected chi connectivity index (χ1v) is 5.73. The molecule has 2 rings (SSSR count). The zero-order valence-corrected chi connectivity index (χ0v) is 9.12. The number of oxazole rings is 1. The Kier molecular flexibility index (Phi) is 2.90. The van der Waals surface area contributed by atoms with Crippen molar-refractivity contribution in [3.05, 3.63) is 17.8 Å². The van der Waals surface area contributed by atoms with Crippen LogP contribution in [-0.2, 0) is 0 Å². The molecule has 0 aromatic carbocycles. The van der Waals surface area contributed by atoms with Gasteiger partial charge in [0.1, 0.15) is 5.76 Å². The van der Waals surface area contributed by atoms with E-state index in [1.54, 1.807) is 0 Å². The first kappa shape index (κ1) is 9.75. The van der Waals surface area contributed by atoms with Crippen molar-refractivity contribution in [3.63, 3.8) is 0 Å². The molecule has 14 heavy (non-hydrogen) atoms. The smallest absolute Gasteiger partial charge is 0.196 e. The van der Waals surface area contributed by atoms with E-state index in [4.69, 9.17) is 4.42 Å². The maximum absolute atomic E-state index is 5.77. The van der Waals surface area contributed by atoms with E-state index >= 15 is 0 Å². The van der Waals surface area contributed by atoms with E-state index < -0.39 is 0 Å². The maximum atomic E-state index is 5.77. The summed E-state index contributed by atoms with van der Waals surface area (Å²) in [6.45, 7) is 4.24. The SMILES string of the molecule is CC(C)c1ncc(C2CCCCC2)o1. The second-order valence-electron chi connectivity index (χ2n) is 4.59. The van der Waals surface area contributed by atoms with Crippen molar-refractivity contribution in [2.45, 2.75) is 57.8 Å². The lowest BCUT2D eigenvalue weighted by molar-refractivity contribution is 0.354. The zero-order chi connectivity index (χ0) is 9.97. The van der Waals surface area contributed by atoms with Gasteiger partial charge in [-0.25, -0.2) is 4.98 Å². The molecule has 2 heteroatoms. The Morgan fingerprint density at radius 3 is 2.57 bits per heavy atom. The molecule has 0 N–H and O–H groups in total. The van der Waals surface area contributed by atoms with Gasteiger partial charge in [-0.1, -0.05) is 33.1 Å². The Balaban J connectivity index is 2.07. The molecule has 0 spiro atoms. The lowest BCUT2D eigenvalue weighted by Gasteiger charge is -2.18. The highest BCUT2D eigenvalue weighted by molar-refractivity contribution is 5.04. The first-order chi connectivity index (χ1) is 6.77. The summed E-state index contributed by atoms with van der Waals surface area (Å²) >= 11 is 0. The summed E-state index contributed by atoms with van der Waals surface area (Å²) in [5.41, 5.74) is 0. The summed E-state index contributed by atoms with van der Waals surface area (Å²) in [6, 6.07) is 0. The van der Waals surface area contributed by atoms with Gasteiger partial charge in [-0.2, -0.15) is 0 Å². The Morgan fingerprint density at radius 2 is 2.00 bits per heavy atom. The minimum Gasteiger partial charge on any atom is -0.445 e. The van der Waals surface area contributed by atoms with Gasteiger partial charge in [0.2, 0.25) is 0 Å². The van der Waals surface area contributed by atoms with Gasteiger partial charge in [0.25, 0.3) is 0 Å². The highest BCUT2D eigenvalue weighted by atomic mass is 16.4. The fraction of sp³-hybridized carbons (Fsp3) is 0.750. The van der Waals surface area contributed by atoms with Crippen LogP contribution in [0.2, 0.25) is 0 Å². The summed E-state index contributed by atoms with van der Waals surface area (Å²) in [5.74, 6) is 3.06. The van der Waals surface area contributed by atoms with Crippen molar-refractivity contribution in [1.29, 1.82) is 0 Å². The normalized spacial score (nSPS) is 19.1. The third-order valence-electron chi connectivity index (χ3n) is 3.04. The van der Waals surface area contributed by atoms with Gasteiger partial charge in [0.05, 0.1) is 6.20 Å². The molecule has 0 amide bonds. The first-order valence-electron chi connectivity index (χ1n) is 5.73. The van der Waals surface area contributed by atoms with E-state index in [9.17, 15) is 0 Å². The quantitative estimate of drug-likeness (QED) is 0.713. The molecule has 1 aromatic rings. The van der Waals surface area contributed by atoms with Crippen LogP contribution in [0.1, 0.15) is 69.4 Å². The monoisotopic (exact) mass is 193 g/mol. The van der Waals surface area contributed by atoms with Crippen molar-refractivity contribution in [2.75, 3.05) is 0 Å². The second kappa shape index (κ2) is 4.16. The lowest BCUT2D eigenvalue weighted by atomic mass is 9.88. The number of rotatable bonds is 2. The minimum atomic E-state index is 0.410. The fourth-order valence-electron chi connectivity index (χ4n) is 2.14. The van der Waals surface area contributed by atoms with Crippen LogP contribution >= 0.6 is 0 Å². The van der Waals surface area contributed by atoms with Crippen LogP contribution in [0.15, 0.2) is 10.6 Å². The van der Waals surface area contributed by atoms with Crippen molar-refractivity contribution < 1.29 is 4.42 Å². The Hall–Kier alpha value is -0.790. The van der Waals surface area contributed by atoms with Crippen LogP contribution in [0.3, 0.4) is 0 Å². The van der Waals surface area contributed by atoms with Crippen molar-refractivity contribution >= 4 is 0 Å². The summed E-state index contributed by atoms with van der Waals surface area (Å²) in [6.07, 6.45) is 8.59. The molecule has 1 saturated carbocycles. The molecule has 1 aliphatic carbocycles. The predicted octanol–water partition coefficient (Wildman–Crippen LogP) is 3.85. The van der Waals surface area contributed by atoms with Gasteiger partial charge >= 0.3 is 0 Å². The largest absolute Gasteiger partial charge is 0.445 e. The predicted molar refractivity (Wildman–Crippen MR) is 56.4 cm³/mol. The Labute approximate surface area is 85.7 Å². The van der Waals surface area contributed by atoms with E-state index in [2.05, 4.69) is 18.8 Å². The molecule has 1 aromatic heterocycles. The molecule has 0 bridgehead atoms. The number of aromatic nitrogens is 1. The van der Waals surface area contributed by atoms with Crippen LogP contribution in [-0.4, -0.2) is 4.98 Å². The second-order valence-corrected chi connectivity index (χ2v) is 4.59. The molecule has 0 radical (unpaired) electrons. The third-order valence-corrected chi connectivity index (χ3v) is 3.04. The molecule has 2 nitrogen and oxygen atoms in total. The Bertz CT molecular complexity index is 284. The molecule has 0 aliphatic heterocycles. The number of hydrogen-bond donors (Lipinski definition) is 0. The van der Waals surface area contributed by atoms with Gasteiger partial charge in [0, 0.05) is 11.8 Å². The van der Waals surface area contributed by atoms with E-state index in [1.165, 1.54) is 32.1 Å². The molecular weight excluding hydrogens is 174 g/mol. The lowest BCUT2D eigenvalue weighted by Crippen LogP contribution is -2.03. The van der Waals surface area contributed by atoms with Gasteiger partial charge in [-0.3, -0.25) is 0 Å². The summed E-state index contributed by atoms with van der Waals surface area (Å²) in [5, 5.41) is 0. The molecule has 1 aliphatic rings. The highest BCUT2D eigenvalue weighted by Gasteiger charge is 2.19. The molecule has 1 fully saturated rings. The van der Waals surface area contributed by atoms with Crippen LogP contribution in [0.25, 0.3) is 0 Å². The molecule has 0 atom stereocenters. The zero-order valence-electron chi connectivity index (χ0n) is 9.12. The molecule has 1 heterocycles. The summed E-state index contributed by atoms with van der Waals surface area (Å²) < 4.78 is 5.77. The molecule has 78 valence electrons. The summed E-state index contributed by atoms with van der Waals surface area (Å²) in [4.78, 5) is 4.32. The van der Waals surface area contributed by atoms with E-state index in [-0.39, 0.29) is 0 Å². The summed E-state index contributed by atoms with van der Waals surface area (Å²) in [7, 11) is 0. The average molecular weight is 193 g/mol. The number of nitrogens with zero attached hydrogens (tertiary/aromatic N) is 1. The van der Waals surface area contributed by atoms with Crippen LogP contribution in [0.5, 0.6) is 0 Å². The van der Waals surface area contributed by atoms with Crippen LogP contribution in [0, 0.1) is 0 Å². The topological polar surface area (TPSA) is 26.0 Å². The average Bonchev–Trinajstić information content (AvgIpc) is 2.68. The highest BCUT2D eigenvalue weighted by Crippen LogP contribution is 2.33. The van der Waals surface area contributed by atoms with E-state index in [0.717, 1.165) is 11.7 Å². The van der Waals surface area contributed by atoms with Crippen molar-refractivity contribution in [1.82, 2.24) is 4.98 Å². The van der Waals surface area contributed by atoms with Crippen molar-refractivity contribution in [3.8, 4) is 0 Å². The standard InChI is InChI=1S/C12H19NO/c1-9(2)12-13-8-11(14-12)10-6-4-3-5-7-10/h8-10H,3-7H2,1-2H3. The third kappa shape index (κ3) is 1.99. The molecular formula is C12H19NO. The van der Waals surface area contributed by atoms with E-state index in [0.29, 0.717) is 11.8 Å². The van der Waals surface area contributed by atoms with Crippen LogP contribution < -0.4 is 0 Å². The van der Waals surface area contributed by atoms with Gasteiger partial charge in [-0.05, 0) is 12.8 Å². The number of hydrogen-bond acceptors (Lipinski definition) is 2. The van der Waals surface area contributed by atoms with Gasteiger partial charge < -0.3 is 4.42 Å². The van der Waals surface area contributed by atoms with Gasteiger partial charge in [0.15, 0.2) is 5.89 Å². The molecule has 0 saturated heterocycles. The van der Waals surface area contributed by atoms with Crippen LogP contribution in [0.4, 0.5) is 0 Å². The minimum absolute atomic E-state index is 0.410.